The summed E-state index contributed by atoms with van der Waals surface area (Å²) in [6, 6.07) is 8.31. The highest BCUT2D eigenvalue weighted by Crippen LogP contribution is 2.33. The molecule has 2 aromatic heterocycles. The molecule has 5 fully saturated rings. The molecule has 3 aromatic rings. The third-order valence-electron chi connectivity index (χ3n) is 12.7. The van der Waals surface area contributed by atoms with Crippen molar-refractivity contribution in [3.63, 3.8) is 0 Å². The molecule has 9 rings (SSSR count). The van der Waals surface area contributed by atoms with Gasteiger partial charge in [0, 0.05) is 91.1 Å². The van der Waals surface area contributed by atoms with Gasteiger partial charge in [0.2, 0.25) is 11.8 Å². The molecule has 3 atom stereocenters. The standard InChI is InChI=1S/C41H49N13O6/c1-48-13-18-53(41(48)60)28-3-2-11-52(24-28)33-21-44-35(36(42)56)37(46-33)45-32-8-5-27(20-43-32)50-16-14-49(15-17-50)22-25-10-12-51(23-25)26-4-6-29-30(19-26)40(59)54(39(29)58)31-7-9-34(55)47-38(31)57/h4-6,8,19-21,25,28,31H,2-3,7,9-18,22-24H2,1H3,(H2,42,56)(H,43,45,46)(H,47,55,57)/t25-,28-,31?/m1/s1. The number of anilines is 5. The fraction of sp³-hybridized carbons (Fsp3) is 0.488. The number of imide groups is 2. The van der Waals surface area contributed by atoms with Gasteiger partial charge in [-0.2, -0.15) is 0 Å². The number of fused-ring (bicyclic) bond motifs is 1. The zero-order valence-electron chi connectivity index (χ0n) is 33.6. The number of aromatic nitrogens is 3. The van der Waals surface area contributed by atoms with Crippen LogP contribution in [0.4, 0.5) is 33.6 Å². The fourth-order valence-corrected chi connectivity index (χ4v) is 9.42. The van der Waals surface area contributed by atoms with Crippen LogP contribution in [0.25, 0.3) is 0 Å². The Bertz CT molecular complexity index is 2230. The van der Waals surface area contributed by atoms with Crippen molar-refractivity contribution in [1.82, 2.24) is 39.9 Å². The molecular formula is C41H49N13O6. The zero-order chi connectivity index (χ0) is 41.7. The van der Waals surface area contributed by atoms with E-state index in [0.29, 0.717) is 42.8 Å². The SMILES string of the molecule is CN1CCN([C@@H]2CCCN(c3cnc(C(N)=O)c(Nc4ccc(N5CCN(C[C@H]6CCN(c7ccc8c(c7)C(=O)N(C7CCC(=O)NC7=O)C8=O)C6)CC5)cn4)n3)C2)C1=O. The molecule has 6 aliphatic heterocycles. The first-order chi connectivity index (χ1) is 29.0. The number of hydrogen-bond acceptors (Lipinski definition) is 14. The first-order valence-corrected chi connectivity index (χ1v) is 20.7. The van der Waals surface area contributed by atoms with Gasteiger partial charge in [0.05, 0.1) is 35.2 Å². The van der Waals surface area contributed by atoms with Crippen LogP contribution in [0.5, 0.6) is 0 Å². The van der Waals surface area contributed by atoms with Crippen molar-refractivity contribution in [1.29, 1.82) is 0 Å². The van der Waals surface area contributed by atoms with Gasteiger partial charge >= 0.3 is 6.03 Å². The minimum Gasteiger partial charge on any atom is -0.371 e. The normalized spacial score (nSPS) is 23.8. The molecule has 4 N–H and O–H groups in total. The smallest absolute Gasteiger partial charge is 0.320 e. The molecule has 5 saturated heterocycles. The van der Waals surface area contributed by atoms with Crippen molar-refractivity contribution in [2.75, 3.05) is 99.1 Å². The van der Waals surface area contributed by atoms with E-state index >= 15 is 0 Å². The number of nitrogens with one attached hydrogen (secondary N) is 2. The molecule has 1 aromatic carbocycles. The number of benzene rings is 1. The van der Waals surface area contributed by atoms with Crippen molar-refractivity contribution in [2.45, 2.75) is 44.2 Å². The average Bonchev–Trinajstić information content (AvgIpc) is 3.93. The van der Waals surface area contributed by atoms with E-state index < -0.39 is 35.6 Å². The van der Waals surface area contributed by atoms with Crippen LogP contribution >= 0.6 is 0 Å². The third-order valence-corrected chi connectivity index (χ3v) is 12.7. The lowest BCUT2D eigenvalue weighted by Crippen LogP contribution is -2.54. The number of nitrogens with zero attached hydrogens (tertiary/aromatic N) is 10. The zero-order valence-corrected chi connectivity index (χ0v) is 33.6. The lowest BCUT2D eigenvalue weighted by atomic mass is 10.0. The first kappa shape index (κ1) is 39.1. The summed E-state index contributed by atoms with van der Waals surface area (Å²) >= 11 is 0. The van der Waals surface area contributed by atoms with Crippen LogP contribution in [0.15, 0.2) is 42.7 Å². The second-order valence-electron chi connectivity index (χ2n) is 16.5. The van der Waals surface area contributed by atoms with Crippen molar-refractivity contribution < 1.29 is 28.8 Å². The Kier molecular flexibility index (Phi) is 10.4. The van der Waals surface area contributed by atoms with E-state index in [-0.39, 0.29) is 42.0 Å². The van der Waals surface area contributed by atoms with Gasteiger partial charge < -0.3 is 35.6 Å². The number of amides is 7. The highest BCUT2D eigenvalue weighted by Gasteiger charge is 2.45. The van der Waals surface area contributed by atoms with Crippen LogP contribution in [0, 0.1) is 5.92 Å². The predicted octanol–water partition coefficient (Wildman–Crippen LogP) is 1.10. The summed E-state index contributed by atoms with van der Waals surface area (Å²) in [6.45, 7) is 8.89. The monoisotopic (exact) mass is 819 g/mol. The fourth-order valence-electron chi connectivity index (χ4n) is 9.42. The minimum atomic E-state index is -0.984. The van der Waals surface area contributed by atoms with Crippen LogP contribution in [-0.4, -0.2) is 161 Å². The summed E-state index contributed by atoms with van der Waals surface area (Å²) in [7, 11) is 1.82. The molecule has 0 radical (unpaired) electrons. The topological polar surface area (TPSA) is 214 Å². The lowest BCUT2D eigenvalue weighted by Gasteiger charge is -2.37. The van der Waals surface area contributed by atoms with Crippen molar-refractivity contribution in [3.8, 4) is 0 Å². The van der Waals surface area contributed by atoms with Gasteiger partial charge in [0.25, 0.3) is 17.7 Å². The number of carbonyl (C=O) groups is 6. The Morgan fingerprint density at radius 3 is 2.35 bits per heavy atom. The second kappa shape index (κ2) is 16.0. The summed E-state index contributed by atoms with van der Waals surface area (Å²) in [5.74, 6) is -0.928. The van der Waals surface area contributed by atoms with E-state index in [0.717, 1.165) is 87.9 Å². The summed E-state index contributed by atoms with van der Waals surface area (Å²) in [6.07, 6.45) is 6.41. The Morgan fingerprint density at radius 2 is 1.62 bits per heavy atom. The lowest BCUT2D eigenvalue weighted by molar-refractivity contribution is -0.136. The Hall–Kier alpha value is -6.37. The number of urea groups is 1. The minimum absolute atomic E-state index is 0.0216. The molecule has 6 aliphatic rings. The van der Waals surface area contributed by atoms with Gasteiger partial charge in [-0.15, -0.1) is 0 Å². The molecule has 0 saturated carbocycles. The van der Waals surface area contributed by atoms with Crippen LogP contribution in [-0.2, 0) is 9.59 Å². The van der Waals surface area contributed by atoms with Crippen LogP contribution in [0.3, 0.4) is 0 Å². The quantitative estimate of drug-likeness (QED) is 0.245. The van der Waals surface area contributed by atoms with E-state index in [9.17, 15) is 28.8 Å². The number of pyridine rings is 1. The maximum absolute atomic E-state index is 13.4. The van der Waals surface area contributed by atoms with Gasteiger partial charge in [0.15, 0.2) is 11.5 Å². The van der Waals surface area contributed by atoms with Gasteiger partial charge in [-0.25, -0.2) is 19.7 Å². The van der Waals surface area contributed by atoms with Gasteiger partial charge in [0.1, 0.15) is 17.7 Å². The van der Waals surface area contributed by atoms with E-state index in [1.807, 2.05) is 36.3 Å². The number of primary amides is 1. The number of piperazine rings is 1. The van der Waals surface area contributed by atoms with Gasteiger partial charge in [-0.05, 0) is 61.9 Å². The molecule has 0 bridgehead atoms. The van der Waals surface area contributed by atoms with Crippen LogP contribution in [0.2, 0.25) is 0 Å². The number of hydrogen-bond donors (Lipinski definition) is 3. The summed E-state index contributed by atoms with van der Waals surface area (Å²) in [5, 5.41) is 5.41. The number of rotatable bonds is 10. The van der Waals surface area contributed by atoms with E-state index in [1.165, 1.54) is 0 Å². The summed E-state index contributed by atoms with van der Waals surface area (Å²) < 4.78 is 0. The number of piperidine rings is 2. The highest BCUT2D eigenvalue weighted by atomic mass is 16.2. The third kappa shape index (κ3) is 7.52. The molecule has 7 amide bonds. The van der Waals surface area contributed by atoms with Crippen molar-refractivity contribution >= 4 is 64.4 Å². The number of carbonyl (C=O) groups excluding carboxylic acids is 6. The largest absolute Gasteiger partial charge is 0.371 e. The van der Waals surface area contributed by atoms with Gasteiger partial charge in [-0.1, -0.05) is 0 Å². The first-order valence-electron chi connectivity index (χ1n) is 20.7. The molecular weight excluding hydrogens is 771 g/mol. The molecule has 19 nitrogen and oxygen atoms in total. The van der Waals surface area contributed by atoms with Crippen molar-refractivity contribution in [2.24, 2.45) is 11.7 Å². The Morgan fingerprint density at radius 1 is 0.817 bits per heavy atom. The maximum Gasteiger partial charge on any atom is 0.320 e. The molecule has 314 valence electrons. The molecule has 1 unspecified atom stereocenters. The van der Waals surface area contributed by atoms with Crippen LogP contribution < -0.4 is 31.1 Å². The van der Waals surface area contributed by atoms with Gasteiger partial charge in [-0.3, -0.25) is 39.1 Å². The molecule has 0 aliphatic carbocycles. The molecule has 8 heterocycles. The molecule has 0 spiro atoms. The Labute approximate surface area is 346 Å². The maximum atomic E-state index is 13.4. The predicted molar refractivity (Wildman–Crippen MR) is 220 cm³/mol. The molecule has 19 heteroatoms. The van der Waals surface area contributed by atoms with E-state index in [2.05, 4.69) is 40.2 Å². The number of nitrogens with two attached hydrogens (primary N) is 1. The van der Waals surface area contributed by atoms with Crippen molar-refractivity contribution in [3.05, 3.63) is 59.5 Å². The van der Waals surface area contributed by atoms with E-state index in [1.54, 1.807) is 23.2 Å². The molecule has 60 heavy (non-hydrogen) atoms. The average molecular weight is 820 g/mol. The number of likely N-dealkylation sites (N-methyl/N-ethyl adjacent to an activating group) is 1. The van der Waals surface area contributed by atoms with E-state index in [4.69, 9.17) is 10.7 Å². The summed E-state index contributed by atoms with van der Waals surface area (Å²) in [4.78, 5) is 103. The Balaban J connectivity index is 0.771. The highest BCUT2D eigenvalue weighted by molar-refractivity contribution is 6.23. The second-order valence-corrected chi connectivity index (χ2v) is 16.5. The van der Waals surface area contributed by atoms with Crippen LogP contribution in [0.1, 0.15) is 63.3 Å². The summed E-state index contributed by atoms with van der Waals surface area (Å²) in [5.41, 5.74) is 8.16.